The number of carbonyl (C=O) groups is 1. The number of aromatic nitrogens is 2. The highest BCUT2D eigenvalue weighted by atomic mass is 32.2. The SMILES string of the molecule is O=C(O)c1cc(NS(=O)(=O)c2ccccc2)n[nH]1. The minimum Gasteiger partial charge on any atom is -0.477 e. The van der Waals surface area contributed by atoms with E-state index in [9.17, 15) is 13.2 Å². The lowest BCUT2D eigenvalue weighted by atomic mass is 10.4. The van der Waals surface area contributed by atoms with Gasteiger partial charge in [0.25, 0.3) is 10.0 Å². The Kier molecular flexibility index (Phi) is 3.02. The Balaban J connectivity index is 2.25. The molecule has 18 heavy (non-hydrogen) atoms. The fraction of sp³-hybridized carbons (Fsp3) is 0. The molecule has 1 aromatic heterocycles. The van der Waals surface area contributed by atoms with E-state index in [0.717, 1.165) is 6.07 Å². The highest BCUT2D eigenvalue weighted by Gasteiger charge is 2.16. The number of H-pyrrole nitrogens is 1. The van der Waals surface area contributed by atoms with Crippen molar-refractivity contribution in [3.8, 4) is 0 Å². The molecule has 0 aliphatic rings. The summed E-state index contributed by atoms with van der Waals surface area (Å²) in [6, 6.07) is 8.81. The molecule has 8 heteroatoms. The van der Waals surface area contributed by atoms with Crippen LogP contribution in [0.4, 0.5) is 5.82 Å². The van der Waals surface area contributed by atoms with Crippen molar-refractivity contribution in [3.05, 3.63) is 42.1 Å². The molecule has 0 saturated heterocycles. The smallest absolute Gasteiger partial charge is 0.353 e. The number of nitrogens with one attached hydrogen (secondary N) is 2. The van der Waals surface area contributed by atoms with Crippen LogP contribution in [0.2, 0.25) is 0 Å². The number of hydrogen-bond acceptors (Lipinski definition) is 4. The molecule has 3 N–H and O–H groups in total. The summed E-state index contributed by atoms with van der Waals surface area (Å²) in [6.45, 7) is 0. The molecular weight excluding hydrogens is 258 g/mol. The second kappa shape index (κ2) is 4.49. The Morgan fingerprint density at radius 1 is 1.28 bits per heavy atom. The van der Waals surface area contributed by atoms with Gasteiger partial charge in [0.2, 0.25) is 0 Å². The first-order chi connectivity index (χ1) is 8.49. The van der Waals surface area contributed by atoms with Crippen LogP contribution in [0.15, 0.2) is 41.3 Å². The van der Waals surface area contributed by atoms with E-state index in [2.05, 4.69) is 14.9 Å². The second-order valence-electron chi connectivity index (χ2n) is 3.39. The first-order valence-electron chi connectivity index (χ1n) is 4.85. The van der Waals surface area contributed by atoms with Gasteiger partial charge in [-0.05, 0) is 12.1 Å². The van der Waals surface area contributed by atoms with Crippen molar-refractivity contribution in [2.75, 3.05) is 4.72 Å². The molecule has 0 fully saturated rings. The Labute approximate surface area is 103 Å². The van der Waals surface area contributed by atoms with Crippen LogP contribution in [0.25, 0.3) is 0 Å². The molecule has 1 aromatic carbocycles. The first kappa shape index (κ1) is 12.1. The molecule has 0 bridgehead atoms. The topological polar surface area (TPSA) is 112 Å². The number of hydrogen-bond donors (Lipinski definition) is 3. The van der Waals surface area contributed by atoms with Crippen LogP contribution in [-0.2, 0) is 10.0 Å². The number of carboxylic acids is 1. The predicted molar refractivity (Wildman–Crippen MR) is 62.8 cm³/mol. The van der Waals surface area contributed by atoms with Gasteiger partial charge >= 0.3 is 5.97 Å². The minimum absolute atomic E-state index is 0.0729. The molecule has 94 valence electrons. The maximum absolute atomic E-state index is 11.9. The fourth-order valence-electron chi connectivity index (χ4n) is 1.28. The normalized spacial score (nSPS) is 11.1. The molecular formula is C10H9N3O4S. The van der Waals surface area contributed by atoms with Crippen molar-refractivity contribution < 1.29 is 18.3 Å². The molecule has 0 atom stereocenters. The van der Waals surface area contributed by atoms with Crippen LogP contribution in [0, 0.1) is 0 Å². The van der Waals surface area contributed by atoms with Gasteiger partial charge in [0, 0.05) is 6.07 Å². The van der Waals surface area contributed by atoms with Crippen molar-refractivity contribution in [2.45, 2.75) is 4.90 Å². The standard InChI is InChI=1S/C10H9N3O4S/c14-10(15)8-6-9(12-11-8)13-18(16,17)7-4-2-1-3-5-7/h1-6H,(H,14,15)(H2,11,12,13). The van der Waals surface area contributed by atoms with E-state index in [4.69, 9.17) is 5.11 Å². The van der Waals surface area contributed by atoms with Crippen LogP contribution in [-0.4, -0.2) is 29.7 Å². The van der Waals surface area contributed by atoms with Crippen LogP contribution < -0.4 is 4.72 Å². The zero-order valence-electron chi connectivity index (χ0n) is 8.99. The van der Waals surface area contributed by atoms with Gasteiger partial charge in [-0.25, -0.2) is 13.2 Å². The number of benzene rings is 1. The van der Waals surface area contributed by atoms with Gasteiger partial charge in [0.05, 0.1) is 4.90 Å². The number of anilines is 1. The number of nitrogens with zero attached hydrogens (tertiary/aromatic N) is 1. The van der Waals surface area contributed by atoms with Gasteiger partial charge in [-0.3, -0.25) is 9.82 Å². The van der Waals surface area contributed by atoms with Gasteiger partial charge in [-0.15, -0.1) is 0 Å². The summed E-state index contributed by atoms with van der Waals surface area (Å²) in [5.41, 5.74) is -0.194. The monoisotopic (exact) mass is 267 g/mol. The molecule has 0 aliphatic carbocycles. The lowest BCUT2D eigenvalue weighted by Crippen LogP contribution is -2.12. The number of carboxylic acid groups (broad SMARTS) is 1. The molecule has 1 heterocycles. The van der Waals surface area contributed by atoms with Crippen LogP contribution >= 0.6 is 0 Å². The van der Waals surface area contributed by atoms with E-state index in [0.29, 0.717) is 0 Å². The maximum atomic E-state index is 11.9. The van der Waals surface area contributed by atoms with E-state index < -0.39 is 16.0 Å². The van der Waals surface area contributed by atoms with E-state index in [1.807, 2.05) is 0 Å². The van der Waals surface area contributed by atoms with Crippen molar-refractivity contribution in [1.82, 2.24) is 10.2 Å². The zero-order chi connectivity index (χ0) is 13.2. The summed E-state index contributed by atoms with van der Waals surface area (Å²) in [5, 5.41) is 14.4. The van der Waals surface area contributed by atoms with Gasteiger partial charge < -0.3 is 5.11 Å². The van der Waals surface area contributed by atoms with Gasteiger partial charge in [0.15, 0.2) is 5.82 Å². The van der Waals surface area contributed by atoms with Gasteiger partial charge in [0.1, 0.15) is 5.69 Å². The quantitative estimate of drug-likeness (QED) is 0.762. The van der Waals surface area contributed by atoms with Crippen molar-refractivity contribution in [2.24, 2.45) is 0 Å². The molecule has 0 amide bonds. The number of sulfonamides is 1. The highest BCUT2D eigenvalue weighted by molar-refractivity contribution is 7.92. The number of aromatic amines is 1. The van der Waals surface area contributed by atoms with Gasteiger partial charge in [-0.1, -0.05) is 18.2 Å². The minimum atomic E-state index is -3.75. The molecule has 2 rings (SSSR count). The van der Waals surface area contributed by atoms with Crippen molar-refractivity contribution >= 4 is 21.8 Å². The average Bonchev–Trinajstić information content (AvgIpc) is 2.78. The third kappa shape index (κ3) is 2.48. The Morgan fingerprint density at radius 2 is 1.94 bits per heavy atom. The molecule has 0 spiro atoms. The van der Waals surface area contributed by atoms with Crippen LogP contribution in [0.5, 0.6) is 0 Å². The van der Waals surface area contributed by atoms with E-state index >= 15 is 0 Å². The number of rotatable bonds is 4. The Bertz CT molecular complexity index is 663. The maximum Gasteiger partial charge on any atom is 0.353 e. The fourth-order valence-corrected chi connectivity index (χ4v) is 2.29. The van der Waals surface area contributed by atoms with Crippen molar-refractivity contribution in [3.63, 3.8) is 0 Å². The van der Waals surface area contributed by atoms with Crippen molar-refractivity contribution in [1.29, 1.82) is 0 Å². The Hall–Kier alpha value is -2.35. The lowest BCUT2D eigenvalue weighted by molar-refractivity contribution is 0.0690. The average molecular weight is 267 g/mol. The summed E-state index contributed by atoms with van der Waals surface area (Å²) in [7, 11) is -3.75. The highest BCUT2D eigenvalue weighted by Crippen LogP contribution is 2.14. The molecule has 2 aromatic rings. The summed E-state index contributed by atoms with van der Waals surface area (Å²) in [6.07, 6.45) is 0. The van der Waals surface area contributed by atoms with E-state index in [-0.39, 0.29) is 16.4 Å². The summed E-state index contributed by atoms with van der Waals surface area (Å²) >= 11 is 0. The van der Waals surface area contributed by atoms with Crippen LogP contribution in [0.1, 0.15) is 10.5 Å². The number of aromatic carboxylic acids is 1. The molecule has 0 saturated carbocycles. The lowest BCUT2D eigenvalue weighted by Gasteiger charge is -2.04. The summed E-state index contributed by atoms with van der Waals surface area (Å²) in [4.78, 5) is 10.7. The van der Waals surface area contributed by atoms with Crippen LogP contribution in [0.3, 0.4) is 0 Å². The van der Waals surface area contributed by atoms with E-state index in [1.165, 1.54) is 12.1 Å². The third-order valence-corrected chi connectivity index (χ3v) is 3.47. The summed E-state index contributed by atoms with van der Waals surface area (Å²) < 4.78 is 25.9. The second-order valence-corrected chi connectivity index (χ2v) is 5.07. The third-order valence-electron chi connectivity index (χ3n) is 2.10. The molecule has 7 nitrogen and oxygen atoms in total. The predicted octanol–water partition coefficient (Wildman–Crippen LogP) is 0.909. The first-order valence-corrected chi connectivity index (χ1v) is 6.34. The van der Waals surface area contributed by atoms with Gasteiger partial charge in [-0.2, -0.15) is 5.10 Å². The zero-order valence-corrected chi connectivity index (χ0v) is 9.81. The Morgan fingerprint density at radius 3 is 2.50 bits per heavy atom. The van der Waals surface area contributed by atoms with E-state index in [1.54, 1.807) is 18.2 Å². The molecule has 0 unspecified atom stereocenters. The molecule has 0 aliphatic heterocycles. The largest absolute Gasteiger partial charge is 0.477 e. The summed E-state index contributed by atoms with van der Waals surface area (Å²) in [5.74, 6) is -1.29. The molecule has 0 radical (unpaired) electrons.